The van der Waals surface area contributed by atoms with Crippen molar-refractivity contribution >= 4 is 27.7 Å². The largest absolute Gasteiger partial charge is 0.395 e. The maximum absolute atomic E-state index is 13.5. The number of halogens is 2. The minimum atomic E-state index is -4.01. The molecule has 0 aliphatic carbocycles. The molecule has 1 aromatic carbocycles. The van der Waals surface area contributed by atoms with Crippen molar-refractivity contribution in [1.82, 2.24) is 9.29 Å². The normalized spacial score (nSPS) is 14.5. The SMILES string of the molecule is Cc1c(S(=O)(=O)NC(C)CO)c2n(c1C(=O)Nc1ccc(F)c(F)c1)CCC=C2. The zero-order valence-corrected chi connectivity index (χ0v) is 16.7. The van der Waals surface area contributed by atoms with Crippen molar-refractivity contribution in [3.63, 3.8) is 0 Å². The van der Waals surface area contributed by atoms with E-state index < -0.39 is 33.6 Å². The standard InChI is InChI=1S/C19H21F2N3O4S/c1-11(10-25)23-29(27,28)18-12(2)17(24-8-4-3-5-16(18)24)19(26)22-13-6-7-14(20)15(21)9-13/h3,5-7,9,11,23,25H,4,8,10H2,1-2H3,(H,22,26). The highest BCUT2D eigenvalue weighted by Gasteiger charge is 2.32. The fourth-order valence-corrected chi connectivity index (χ4v) is 4.97. The summed E-state index contributed by atoms with van der Waals surface area (Å²) in [4.78, 5) is 12.8. The molecule has 2 aromatic rings. The summed E-state index contributed by atoms with van der Waals surface area (Å²) in [5, 5.41) is 11.7. The average Bonchev–Trinajstić information content (AvgIpc) is 2.96. The second-order valence-corrected chi connectivity index (χ2v) is 8.47. The highest BCUT2D eigenvalue weighted by Crippen LogP contribution is 2.31. The van der Waals surface area contributed by atoms with E-state index in [2.05, 4.69) is 10.0 Å². The first-order valence-electron chi connectivity index (χ1n) is 8.95. The van der Waals surface area contributed by atoms with Crippen LogP contribution in [-0.2, 0) is 16.6 Å². The topological polar surface area (TPSA) is 100 Å². The Hall–Kier alpha value is -2.56. The number of nitrogens with one attached hydrogen (secondary N) is 2. The lowest BCUT2D eigenvalue weighted by Crippen LogP contribution is -2.35. The summed E-state index contributed by atoms with van der Waals surface area (Å²) < 4.78 is 56.3. The summed E-state index contributed by atoms with van der Waals surface area (Å²) >= 11 is 0. The van der Waals surface area contributed by atoms with Gasteiger partial charge in [0.2, 0.25) is 10.0 Å². The number of rotatable bonds is 6. The van der Waals surface area contributed by atoms with E-state index in [1.807, 2.05) is 0 Å². The van der Waals surface area contributed by atoms with Crippen molar-refractivity contribution in [2.45, 2.75) is 37.8 Å². The molecular weight excluding hydrogens is 404 g/mol. The van der Waals surface area contributed by atoms with E-state index in [1.165, 1.54) is 19.9 Å². The van der Waals surface area contributed by atoms with Crippen LogP contribution in [0.4, 0.5) is 14.5 Å². The van der Waals surface area contributed by atoms with Gasteiger partial charge < -0.3 is 15.0 Å². The summed E-state index contributed by atoms with van der Waals surface area (Å²) in [6.45, 7) is 3.03. The van der Waals surface area contributed by atoms with E-state index in [0.717, 1.165) is 12.1 Å². The van der Waals surface area contributed by atoms with Crippen molar-refractivity contribution in [2.24, 2.45) is 0 Å². The third-order valence-corrected chi connectivity index (χ3v) is 6.34. The van der Waals surface area contributed by atoms with Crippen LogP contribution in [0.2, 0.25) is 0 Å². The fraction of sp³-hybridized carbons (Fsp3) is 0.316. The van der Waals surface area contributed by atoms with Crippen LogP contribution in [-0.4, -0.2) is 36.6 Å². The Bertz CT molecular complexity index is 1090. The molecule has 10 heteroatoms. The molecule has 2 heterocycles. The number of sulfonamides is 1. The van der Waals surface area contributed by atoms with Gasteiger partial charge in [-0.3, -0.25) is 4.79 Å². The molecule has 0 saturated heterocycles. The number of aliphatic hydroxyl groups is 1. The monoisotopic (exact) mass is 425 g/mol. The van der Waals surface area contributed by atoms with E-state index in [-0.39, 0.29) is 28.4 Å². The van der Waals surface area contributed by atoms with E-state index >= 15 is 0 Å². The number of nitrogens with zero attached hydrogens (tertiary/aromatic N) is 1. The quantitative estimate of drug-likeness (QED) is 0.662. The lowest BCUT2D eigenvalue weighted by molar-refractivity contribution is 0.101. The van der Waals surface area contributed by atoms with Gasteiger partial charge in [0.05, 0.1) is 12.3 Å². The molecule has 1 aromatic heterocycles. The van der Waals surface area contributed by atoms with E-state index in [1.54, 1.807) is 16.7 Å². The van der Waals surface area contributed by atoms with Gasteiger partial charge in [-0.25, -0.2) is 21.9 Å². The number of aliphatic hydroxyl groups excluding tert-OH is 1. The zero-order valence-electron chi connectivity index (χ0n) is 15.9. The molecule has 1 aliphatic heterocycles. The first-order valence-corrected chi connectivity index (χ1v) is 10.4. The molecule has 7 nitrogen and oxygen atoms in total. The van der Waals surface area contributed by atoms with Gasteiger partial charge in [0.15, 0.2) is 11.6 Å². The summed E-state index contributed by atoms with van der Waals surface area (Å²) in [5.41, 5.74) is 0.740. The molecule has 0 saturated carbocycles. The lowest BCUT2D eigenvalue weighted by Gasteiger charge is -2.15. The molecule has 3 N–H and O–H groups in total. The molecular formula is C19H21F2N3O4S. The maximum Gasteiger partial charge on any atom is 0.272 e. The Morgan fingerprint density at radius 1 is 1.31 bits per heavy atom. The van der Waals surface area contributed by atoms with Gasteiger partial charge in [0, 0.05) is 29.9 Å². The van der Waals surface area contributed by atoms with Crippen LogP contribution in [0.15, 0.2) is 29.2 Å². The molecule has 3 rings (SSSR count). The van der Waals surface area contributed by atoms with Gasteiger partial charge in [0.25, 0.3) is 5.91 Å². The van der Waals surface area contributed by atoms with Gasteiger partial charge >= 0.3 is 0 Å². The molecule has 0 fully saturated rings. The van der Waals surface area contributed by atoms with Gasteiger partial charge in [-0.2, -0.15) is 0 Å². The number of hydrogen-bond acceptors (Lipinski definition) is 4. The smallest absolute Gasteiger partial charge is 0.272 e. The third kappa shape index (κ3) is 4.09. The minimum Gasteiger partial charge on any atom is -0.395 e. The number of carbonyl (C=O) groups is 1. The number of aromatic nitrogens is 1. The summed E-state index contributed by atoms with van der Waals surface area (Å²) in [6.07, 6.45) is 4.04. The van der Waals surface area contributed by atoms with E-state index in [0.29, 0.717) is 18.7 Å². The fourth-order valence-electron chi connectivity index (χ4n) is 3.30. The number of allylic oxidation sites excluding steroid dienone is 1. The highest BCUT2D eigenvalue weighted by atomic mass is 32.2. The second-order valence-electron chi connectivity index (χ2n) is 6.82. The Labute approximate surface area is 167 Å². The first-order chi connectivity index (χ1) is 13.7. The van der Waals surface area contributed by atoms with Crippen LogP contribution in [0, 0.1) is 18.6 Å². The highest BCUT2D eigenvalue weighted by molar-refractivity contribution is 7.89. The lowest BCUT2D eigenvalue weighted by atomic mass is 10.2. The molecule has 0 radical (unpaired) electrons. The van der Waals surface area contributed by atoms with Gasteiger partial charge in [0.1, 0.15) is 10.6 Å². The maximum atomic E-state index is 13.5. The van der Waals surface area contributed by atoms with Crippen molar-refractivity contribution in [1.29, 1.82) is 0 Å². The molecule has 29 heavy (non-hydrogen) atoms. The van der Waals surface area contributed by atoms with Crippen molar-refractivity contribution in [3.05, 3.63) is 52.9 Å². The Morgan fingerprint density at radius 2 is 2.03 bits per heavy atom. The van der Waals surface area contributed by atoms with Gasteiger partial charge in [-0.05, 0) is 38.5 Å². The molecule has 156 valence electrons. The van der Waals surface area contributed by atoms with Crippen LogP contribution >= 0.6 is 0 Å². The Balaban J connectivity index is 2.06. The molecule has 0 bridgehead atoms. The second kappa shape index (κ2) is 8.05. The number of amides is 1. The summed E-state index contributed by atoms with van der Waals surface area (Å²) in [7, 11) is -4.01. The number of fused-ring (bicyclic) bond motifs is 1. The number of anilines is 1. The van der Waals surface area contributed by atoms with Gasteiger partial charge in [-0.1, -0.05) is 6.08 Å². The summed E-state index contributed by atoms with van der Waals surface area (Å²) in [5.74, 6) is -2.78. The molecule has 1 aliphatic rings. The predicted molar refractivity (Wildman–Crippen MR) is 104 cm³/mol. The van der Waals surface area contributed by atoms with E-state index in [4.69, 9.17) is 0 Å². The number of carbonyl (C=O) groups excluding carboxylic acids is 1. The molecule has 1 atom stereocenters. The third-order valence-electron chi connectivity index (χ3n) is 4.58. The predicted octanol–water partition coefficient (Wildman–Crippen LogP) is 2.40. The average molecular weight is 425 g/mol. The number of benzene rings is 1. The van der Waals surface area contributed by atoms with Gasteiger partial charge in [-0.15, -0.1) is 0 Å². The van der Waals surface area contributed by atoms with Crippen LogP contribution in [0.25, 0.3) is 6.08 Å². The Kier molecular flexibility index (Phi) is 5.87. The summed E-state index contributed by atoms with van der Waals surface area (Å²) in [6, 6.07) is 2.25. The molecule has 1 unspecified atom stereocenters. The van der Waals surface area contributed by atoms with Crippen LogP contribution < -0.4 is 10.0 Å². The van der Waals surface area contributed by atoms with E-state index in [9.17, 15) is 27.1 Å². The zero-order chi connectivity index (χ0) is 21.3. The molecule has 0 spiro atoms. The Morgan fingerprint density at radius 3 is 2.69 bits per heavy atom. The van der Waals surface area contributed by atoms with Crippen LogP contribution in [0.3, 0.4) is 0 Å². The van der Waals surface area contributed by atoms with Crippen LogP contribution in [0.5, 0.6) is 0 Å². The van der Waals surface area contributed by atoms with Crippen molar-refractivity contribution in [2.75, 3.05) is 11.9 Å². The first kappa shape index (κ1) is 21.2. The minimum absolute atomic E-state index is 0.0478. The van der Waals surface area contributed by atoms with Crippen molar-refractivity contribution in [3.8, 4) is 0 Å². The number of hydrogen-bond donors (Lipinski definition) is 3. The molecule has 1 amide bonds. The van der Waals surface area contributed by atoms with Crippen molar-refractivity contribution < 1.29 is 27.1 Å². The van der Waals surface area contributed by atoms with Crippen LogP contribution in [0.1, 0.15) is 35.1 Å².